The number of hydrogen-bond acceptors (Lipinski definition) is 3. The fourth-order valence-corrected chi connectivity index (χ4v) is 3.46. The monoisotopic (exact) mass is 275 g/mol. The summed E-state index contributed by atoms with van der Waals surface area (Å²) in [5, 5.41) is 3.66. The molecule has 0 amide bonds. The van der Waals surface area contributed by atoms with Crippen LogP contribution in [-0.2, 0) is 12.8 Å². The van der Waals surface area contributed by atoms with Gasteiger partial charge in [-0.3, -0.25) is 0 Å². The van der Waals surface area contributed by atoms with Gasteiger partial charge in [0.15, 0.2) is 0 Å². The van der Waals surface area contributed by atoms with Gasteiger partial charge in [0.1, 0.15) is 6.33 Å². The highest BCUT2D eigenvalue weighted by Crippen LogP contribution is 2.32. The quantitative estimate of drug-likeness (QED) is 0.863. The van der Waals surface area contributed by atoms with Crippen molar-refractivity contribution < 1.29 is 0 Å². The van der Waals surface area contributed by atoms with Crippen molar-refractivity contribution in [3.05, 3.63) is 23.3 Å². The summed E-state index contributed by atoms with van der Waals surface area (Å²) in [4.78, 5) is 9.20. The first kappa shape index (κ1) is 15.4. The van der Waals surface area contributed by atoms with Gasteiger partial charge in [0.25, 0.3) is 0 Å². The summed E-state index contributed by atoms with van der Waals surface area (Å²) in [6.07, 6.45) is 7.81. The Balaban J connectivity index is 2.29. The normalized spacial score (nSPS) is 17.9. The third-order valence-electron chi connectivity index (χ3n) is 4.45. The van der Waals surface area contributed by atoms with Crippen LogP contribution in [0.25, 0.3) is 0 Å². The van der Waals surface area contributed by atoms with E-state index in [2.05, 4.69) is 38.0 Å². The van der Waals surface area contributed by atoms with Crippen LogP contribution < -0.4 is 5.32 Å². The molecule has 0 radical (unpaired) electrons. The van der Waals surface area contributed by atoms with Crippen molar-refractivity contribution in [2.75, 3.05) is 6.54 Å². The van der Waals surface area contributed by atoms with E-state index in [1.807, 2.05) is 0 Å². The molecule has 1 aliphatic carbocycles. The number of nitrogens with one attached hydrogen (secondary N) is 1. The SMILES string of the molecule is CCCNC(C)C(c1ncnc2c1CCCC2)C(C)C. The molecular formula is C17H29N3. The van der Waals surface area contributed by atoms with Gasteiger partial charge in [-0.25, -0.2) is 9.97 Å². The van der Waals surface area contributed by atoms with E-state index in [0.717, 1.165) is 19.4 Å². The van der Waals surface area contributed by atoms with Gasteiger partial charge in [0, 0.05) is 17.7 Å². The lowest BCUT2D eigenvalue weighted by Crippen LogP contribution is -2.36. The summed E-state index contributed by atoms with van der Waals surface area (Å²) in [5.41, 5.74) is 4.05. The van der Waals surface area contributed by atoms with Crippen LogP contribution in [0.2, 0.25) is 0 Å². The molecule has 112 valence electrons. The van der Waals surface area contributed by atoms with Crippen molar-refractivity contribution in [3.63, 3.8) is 0 Å². The van der Waals surface area contributed by atoms with Crippen molar-refractivity contribution in [3.8, 4) is 0 Å². The lowest BCUT2D eigenvalue weighted by Gasteiger charge is -2.31. The van der Waals surface area contributed by atoms with E-state index in [0.29, 0.717) is 17.9 Å². The Labute approximate surface area is 123 Å². The molecule has 3 heteroatoms. The molecular weight excluding hydrogens is 246 g/mol. The predicted molar refractivity (Wildman–Crippen MR) is 84.0 cm³/mol. The van der Waals surface area contributed by atoms with Gasteiger partial charge in [0.2, 0.25) is 0 Å². The lowest BCUT2D eigenvalue weighted by atomic mass is 9.81. The van der Waals surface area contributed by atoms with E-state index >= 15 is 0 Å². The van der Waals surface area contributed by atoms with E-state index < -0.39 is 0 Å². The van der Waals surface area contributed by atoms with Crippen molar-refractivity contribution in [1.29, 1.82) is 0 Å². The standard InChI is InChI=1S/C17H29N3/c1-5-10-18-13(4)16(12(2)3)17-14-8-6-7-9-15(14)19-11-20-17/h11-13,16,18H,5-10H2,1-4H3. The van der Waals surface area contributed by atoms with Gasteiger partial charge < -0.3 is 5.32 Å². The molecule has 2 atom stereocenters. The van der Waals surface area contributed by atoms with Crippen molar-refractivity contribution in [1.82, 2.24) is 15.3 Å². The fourth-order valence-electron chi connectivity index (χ4n) is 3.46. The molecule has 1 N–H and O–H groups in total. The lowest BCUT2D eigenvalue weighted by molar-refractivity contribution is 0.367. The van der Waals surface area contributed by atoms with Crippen molar-refractivity contribution in [2.24, 2.45) is 5.92 Å². The van der Waals surface area contributed by atoms with Gasteiger partial charge in [-0.05, 0) is 57.1 Å². The Morgan fingerprint density at radius 3 is 2.60 bits per heavy atom. The van der Waals surface area contributed by atoms with E-state index in [4.69, 9.17) is 4.98 Å². The van der Waals surface area contributed by atoms with Crippen molar-refractivity contribution >= 4 is 0 Å². The van der Waals surface area contributed by atoms with Crippen LogP contribution in [0.4, 0.5) is 0 Å². The average molecular weight is 275 g/mol. The third-order valence-corrected chi connectivity index (χ3v) is 4.45. The molecule has 0 aromatic carbocycles. The number of nitrogens with zero attached hydrogens (tertiary/aromatic N) is 2. The Kier molecular flexibility index (Phi) is 5.53. The second-order valence-corrected chi connectivity index (χ2v) is 6.40. The summed E-state index contributed by atoms with van der Waals surface area (Å²) >= 11 is 0. The zero-order valence-corrected chi connectivity index (χ0v) is 13.4. The molecule has 0 spiro atoms. The minimum Gasteiger partial charge on any atom is -0.314 e. The summed E-state index contributed by atoms with van der Waals surface area (Å²) in [7, 11) is 0. The minimum absolute atomic E-state index is 0.468. The molecule has 20 heavy (non-hydrogen) atoms. The molecule has 1 aliphatic rings. The van der Waals surface area contributed by atoms with Gasteiger partial charge in [0.05, 0.1) is 5.69 Å². The second-order valence-electron chi connectivity index (χ2n) is 6.40. The van der Waals surface area contributed by atoms with Crippen molar-refractivity contribution in [2.45, 2.75) is 71.8 Å². The highest BCUT2D eigenvalue weighted by molar-refractivity contribution is 5.30. The summed E-state index contributed by atoms with van der Waals surface area (Å²) in [5.74, 6) is 1.08. The predicted octanol–water partition coefficient (Wildman–Crippen LogP) is 3.48. The molecule has 2 unspecified atom stereocenters. The number of aromatic nitrogens is 2. The van der Waals surface area contributed by atoms with E-state index in [1.54, 1.807) is 6.33 Å². The Bertz CT molecular complexity index is 428. The summed E-state index contributed by atoms with van der Waals surface area (Å²) in [6, 6.07) is 0.468. The topological polar surface area (TPSA) is 37.8 Å². The largest absolute Gasteiger partial charge is 0.314 e. The number of rotatable bonds is 6. The Morgan fingerprint density at radius 2 is 1.90 bits per heavy atom. The number of aryl methyl sites for hydroxylation is 1. The first-order valence-corrected chi connectivity index (χ1v) is 8.21. The van der Waals surface area contributed by atoms with E-state index in [9.17, 15) is 0 Å². The molecule has 2 rings (SSSR count). The van der Waals surface area contributed by atoms with Gasteiger partial charge in [-0.15, -0.1) is 0 Å². The van der Waals surface area contributed by atoms with Crippen LogP contribution >= 0.6 is 0 Å². The van der Waals surface area contributed by atoms with Crippen LogP contribution in [0.15, 0.2) is 6.33 Å². The maximum Gasteiger partial charge on any atom is 0.115 e. The molecule has 1 aromatic heterocycles. The second kappa shape index (κ2) is 7.16. The fraction of sp³-hybridized carbons (Fsp3) is 0.765. The third kappa shape index (κ3) is 3.38. The van der Waals surface area contributed by atoms with Gasteiger partial charge >= 0.3 is 0 Å². The zero-order valence-electron chi connectivity index (χ0n) is 13.4. The number of fused-ring (bicyclic) bond motifs is 1. The molecule has 0 saturated heterocycles. The Hall–Kier alpha value is -0.960. The molecule has 0 saturated carbocycles. The smallest absolute Gasteiger partial charge is 0.115 e. The highest BCUT2D eigenvalue weighted by atomic mass is 14.9. The van der Waals surface area contributed by atoms with E-state index in [-0.39, 0.29) is 0 Å². The average Bonchev–Trinajstić information content (AvgIpc) is 2.45. The van der Waals surface area contributed by atoms with Crippen LogP contribution in [0.5, 0.6) is 0 Å². The summed E-state index contributed by atoms with van der Waals surface area (Å²) in [6.45, 7) is 10.2. The molecule has 1 heterocycles. The number of hydrogen-bond donors (Lipinski definition) is 1. The van der Waals surface area contributed by atoms with Crippen LogP contribution in [0, 0.1) is 5.92 Å². The van der Waals surface area contributed by atoms with Gasteiger partial charge in [-0.2, -0.15) is 0 Å². The highest BCUT2D eigenvalue weighted by Gasteiger charge is 2.28. The molecule has 0 aliphatic heterocycles. The molecule has 3 nitrogen and oxygen atoms in total. The first-order valence-electron chi connectivity index (χ1n) is 8.21. The van der Waals surface area contributed by atoms with Crippen LogP contribution in [0.3, 0.4) is 0 Å². The Morgan fingerprint density at radius 1 is 1.15 bits per heavy atom. The first-order chi connectivity index (χ1) is 9.65. The van der Waals surface area contributed by atoms with Crippen LogP contribution in [-0.4, -0.2) is 22.6 Å². The minimum atomic E-state index is 0.468. The molecule has 0 fully saturated rings. The van der Waals surface area contributed by atoms with E-state index in [1.165, 1.54) is 36.2 Å². The van der Waals surface area contributed by atoms with Gasteiger partial charge in [-0.1, -0.05) is 20.8 Å². The summed E-state index contributed by atoms with van der Waals surface area (Å²) < 4.78 is 0. The maximum atomic E-state index is 4.69. The molecule has 0 bridgehead atoms. The van der Waals surface area contributed by atoms with Crippen LogP contribution in [0.1, 0.15) is 69.8 Å². The molecule has 1 aromatic rings. The zero-order chi connectivity index (χ0) is 14.5. The maximum absolute atomic E-state index is 4.69.